The number of nitrogens with zero attached hydrogens (tertiary/aromatic N) is 2. The third-order valence-electron chi connectivity index (χ3n) is 12.9. The van der Waals surface area contributed by atoms with Gasteiger partial charge >= 0.3 is 6.85 Å². The van der Waals surface area contributed by atoms with Gasteiger partial charge in [0.05, 0.1) is 0 Å². The Morgan fingerprint density at radius 3 is 1.66 bits per heavy atom. The molecule has 0 amide bonds. The highest BCUT2D eigenvalue weighted by Crippen LogP contribution is 2.49. The first-order valence-corrected chi connectivity index (χ1v) is 20.8. The molecule has 0 unspecified atom stereocenters. The number of hydrogen-bond acceptors (Lipinski definition) is 1. The molecule has 0 N–H and O–H groups in total. The summed E-state index contributed by atoms with van der Waals surface area (Å²) in [5.41, 5.74) is 20.0. The second-order valence-electron chi connectivity index (χ2n) is 17.4. The number of anilines is 3. The molecule has 9 aromatic carbocycles. The van der Waals surface area contributed by atoms with Gasteiger partial charge in [-0.15, -0.1) is 0 Å². The lowest BCUT2D eigenvalue weighted by atomic mass is 9.44. The molecule has 0 saturated carbocycles. The van der Waals surface area contributed by atoms with Crippen molar-refractivity contribution in [3.8, 4) is 44.5 Å². The lowest BCUT2D eigenvalue weighted by Crippen LogP contribution is -2.56. The summed E-state index contributed by atoms with van der Waals surface area (Å²) in [5, 5.41) is 5.16. The number of benzene rings is 9. The smallest absolute Gasteiger partial charge is 0.333 e. The molecule has 3 heteroatoms. The van der Waals surface area contributed by atoms with Crippen LogP contribution in [0, 0.1) is 0 Å². The van der Waals surface area contributed by atoms with E-state index in [2.05, 4.69) is 224 Å². The number of rotatable bonds is 4. The van der Waals surface area contributed by atoms with Gasteiger partial charge in [-0.2, -0.15) is 0 Å². The Bertz CT molecular complexity index is 3280. The van der Waals surface area contributed by atoms with Gasteiger partial charge in [-0.25, -0.2) is 0 Å². The Balaban J connectivity index is 1.23. The van der Waals surface area contributed by atoms with Crippen molar-refractivity contribution in [2.75, 3.05) is 4.90 Å². The van der Waals surface area contributed by atoms with Gasteiger partial charge < -0.3 is 9.38 Å². The first-order valence-electron chi connectivity index (χ1n) is 20.8. The summed E-state index contributed by atoms with van der Waals surface area (Å²) in [6.07, 6.45) is 0. The fraction of sp³-hybridized carbons (Fsp3) is 0.0714. The van der Waals surface area contributed by atoms with E-state index in [1.807, 2.05) is 0 Å². The molecule has 3 heterocycles. The molecule has 12 rings (SSSR count). The minimum Gasteiger partial charge on any atom is -0.375 e. The van der Waals surface area contributed by atoms with Crippen LogP contribution in [0.2, 0.25) is 0 Å². The van der Waals surface area contributed by atoms with Crippen LogP contribution in [0.25, 0.3) is 77.1 Å². The Kier molecular flexibility index (Phi) is 7.32. The van der Waals surface area contributed by atoms with E-state index in [-0.39, 0.29) is 12.3 Å². The first kappa shape index (κ1) is 34.0. The van der Waals surface area contributed by atoms with Crippen molar-refractivity contribution in [3.63, 3.8) is 0 Å². The van der Waals surface area contributed by atoms with Crippen LogP contribution in [0.1, 0.15) is 26.3 Å². The summed E-state index contributed by atoms with van der Waals surface area (Å²) in [5.74, 6) is 0. The Labute approximate surface area is 345 Å². The van der Waals surface area contributed by atoms with Crippen molar-refractivity contribution in [2.45, 2.75) is 26.2 Å². The molecular weight excluding hydrogens is 711 g/mol. The highest BCUT2D eigenvalue weighted by molar-refractivity contribution is 6.90. The molecule has 0 spiro atoms. The van der Waals surface area contributed by atoms with Crippen LogP contribution in [0.3, 0.4) is 0 Å². The lowest BCUT2D eigenvalue weighted by molar-refractivity contribution is 0.591. The molecule has 0 atom stereocenters. The van der Waals surface area contributed by atoms with Crippen LogP contribution in [0.15, 0.2) is 194 Å². The molecule has 2 aliphatic heterocycles. The third kappa shape index (κ3) is 5.21. The largest absolute Gasteiger partial charge is 0.375 e. The second-order valence-corrected chi connectivity index (χ2v) is 17.4. The Morgan fingerprint density at radius 2 is 1.00 bits per heavy atom. The van der Waals surface area contributed by atoms with E-state index in [0.29, 0.717) is 0 Å². The van der Waals surface area contributed by atoms with Crippen LogP contribution in [-0.4, -0.2) is 11.3 Å². The maximum Gasteiger partial charge on any atom is 0.333 e. The van der Waals surface area contributed by atoms with Gasteiger partial charge in [0, 0.05) is 44.4 Å². The molecule has 0 radical (unpaired) electrons. The van der Waals surface area contributed by atoms with E-state index >= 15 is 0 Å². The average Bonchev–Trinajstić information content (AvgIpc) is 3.60. The van der Waals surface area contributed by atoms with Crippen LogP contribution >= 0.6 is 0 Å². The Hall–Kier alpha value is -7.10. The normalized spacial score (nSPS) is 12.9. The monoisotopic (exact) mass is 752 g/mol. The topological polar surface area (TPSA) is 8.17 Å². The predicted octanol–water partition coefficient (Wildman–Crippen LogP) is 13.7. The molecule has 0 saturated heterocycles. The Morgan fingerprint density at radius 1 is 0.424 bits per heavy atom. The summed E-state index contributed by atoms with van der Waals surface area (Å²) >= 11 is 0. The molecule has 0 bridgehead atoms. The number of aromatic nitrogens is 1. The summed E-state index contributed by atoms with van der Waals surface area (Å²) in [4.78, 5) is 2.54. The van der Waals surface area contributed by atoms with Crippen LogP contribution in [0.5, 0.6) is 0 Å². The van der Waals surface area contributed by atoms with E-state index in [0.717, 1.165) is 5.69 Å². The van der Waals surface area contributed by atoms with Crippen molar-refractivity contribution in [1.29, 1.82) is 0 Å². The highest BCUT2D eigenvalue weighted by atomic mass is 15.2. The van der Waals surface area contributed by atoms with E-state index in [1.165, 1.54) is 105 Å². The van der Waals surface area contributed by atoms with E-state index in [4.69, 9.17) is 0 Å². The van der Waals surface area contributed by atoms with E-state index in [9.17, 15) is 0 Å². The zero-order chi connectivity index (χ0) is 39.4. The van der Waals surface area contributed by atoms with Crippen molar-refractivity contribution >= 4 is 67.4 Å². The number of fused-ring (bicyclic) bond motifs is 8. The molecule has 0 aliphatic carbocycles. The molecule has 2 nitrogen and oxygen atoms in total. The van der Waals surface area contributed by atoms with Crippen molar-refractivity contribution in [2.24, 2.45) is 0 Å². The van der Waals surface area contributed by atoms with Gasteiger partial charge in [-0.1, -0.05) is 160 Å². The maximum atomic E-state index is 2.70. The van der Waals surface area contributed by atoms with Gasteiger partial charge in [0.15, 0.2) is 0 Å². The lowest BCUT2D eigenvalue weighted by Gasteiger charge is -2.41. The van der Waals surface area contributed by atoms with Crippen LogP contribution in [0.4, 0.5) is 17.1 Å². The van der Waals surface area contributed by atoms with Gasteiger partial charge in [-0.05, 0) is 126 Å². The summed E-state index contributed by atoms with van der Waals surface area (Å²) in [6, 6.07) is 72.5. The molecule has 2 aliphatic rings. The summed E-state index contributed by atoms with van der Waals surface area (Å²) < 4.78 is 2.70. The first-order chi connectivity index (χ1) is 28.9. The zero-order valence-corrected chi connectivity index (χ0v) is 33.4. The van der Waals surface area contributed by atoms with Gasteiger partial charge in [0.2, 0.25) is 0 Å². The second kappa shape index (κ2) is 12.7. The van der Waals surface area contributed by atoms with Gasteiger partial charge in [0.1, 0.15) is 0 Å². The van der Waals surface area contributed by atoms with Crippen LogP contribution in [-0.2, 0) is 5.41 Å². The fourth-order valence-corrected chi connectivity index (χ4v) is 9.95. The van der Waals surface area contributed by atoms with Gasteiger partial charge in [0.25, 0.3) is 0 Å². The standard InChI is InChI=1S/C56H41BN2/c1-56(2,3)44-34-48-46-29-40-21-13-14-22-41(40)32-52(46)59-55(48)49(35-44)47-30-43(38-19-11-6-12-20-38)33-53-54(47)57(59)50-31-42(37-17-9-5-10-18-37)25-28-51(50)58(53)45-26-23-39(24-27-45)36-15-7-4-8-16-36/h4-35H,1-3H3. The molecular formula is C56H41BN2. The highest BCUT2D eigenvalue weighted by Gasteiger charge is 2.43. The van der Waals surface area contributed by atoms with Gasteiger partial charge in [-0.3, -0.25) is 0 Å². The minimum absolute atomic E-state index is 0.0480. The molecule has 0 fully saturated rings. The molecule has 278 valence electrons. The SMILES string of the molecule is CC(C)(C)c1cc2c3c(c1)c1cc4ccccc4cc1n3B1c3cc(-c4ccccc4)ccc3N(c3ccc(-c4ccccc4)cc3)c3cc(-c4ccccc4)cc-2c31. The molecule has 1 aromatic heterocycles. The molecule has 10 aromatic rings. The fourth-order valence-electron chi connectivity index (χ4n) is 9.95. The minimum atomic E-state index is -0.0579. The zero-order valence-electron chi connectivity index (χ0n) is 33.4. The quantitative estimate of drug-likeness (QED) is 0.163. The number of hydrogen-bond donors (Lipinski definition) is 0. The average molecular weight is 753 g/mol. The summed E-state index contributed by atoms with van der Waals surface area (Å²) in [6.45, 7) is 6.98. The summed E-state index contributed by atoms with van der Waals surface area (Å²) in [7, 11) is 0. The van der Waals surface area contributed by atoms with E-state index in [1.54, 1.807) is 0 Å². The predicted molar refractivity (Wildman–Crippen MR) is 252 cm³/mol. The van der Waals surface area contributed by atoms with Crippen LogP contribution < -0.4 is 15.8 Å². The third-order valence-corrected chi connectivity index (χ3v) is 12.9. The van der Waals surface area contributed by atoms with E-state index < -0.39 is 0 Å². The van der Waals surface area contributed by atoms with Crippen molar-refractivity contribution < 1.29 is 0 Å². The molecule has 59 heavy (non-hydrogen) atoms. The maximum absolute atomic E-state index is 2.70. The van der Waals surface area contributed by atoms with Crippen molar-refractivity contribution in [3.05, 3.63) is 200 Å². The van der Waals surface area contributed by atoms with Crippen molar-refractivity contribution in [1.82, 2.24) is 4.48 Å².